The van der Waals surface area contributed by atoms with Crippen LogP contribution in [0, 0.1) is 12.7 Å². The molecule has 0 saturated heterocycles. The number of nitrogens with zero attached hydrogens (tertiary/aromatic N) is 2. The lowest BCUT2D eigenvalue weighted by Gasteiger charge is -2.26. The van der Waals surface area contributed by atoms with Crippen molar-refractivity contribution < 1.29 is 9.18 Å². The fourth-order valence-corrected chi connectivity index (χ4v) is 3.71. The molecule has 0 radical (unpaired) electrons. The first-order chi connectivity index (χ1) is 13.1. The van der Waals surface area contributed by atoms with Crippen LogP contribution in [0.25, 0.3) is 11.3 Å². The number of aromatic amines is 1. The number of carbonyl (C=O) groups is 1. The highest BCUT2D eigenvalue weighted by atomic mass is 19.1. The van der Waals surface area contributed by atoms with Crippen LogP contribution in [-0.2, 0) is 0 Å². The summed E-state index contributed by atoms with van der Waals surface area (Å²) >= 11 is 0. The fraction of sp³-hybridized carbons (Fsp3) is 0.273. The molecule has 0 fully saturated rings. The SMILES string of the molecule is CCCCN1C(=O)c2[nH]nc(-c3ccc(C)cc3)c2C1c1cccc(F)c1. The Hall–Kier alpha value is -2.95. The second-order valence-corrected chi connectivity index (χ2v) is 7.04. The van der Waals surface area contributed by atoms with Gasteiger partial charge in [0, 0.05) is 17.7 Å². The van der Waals surface area contributed by atoms with E-state index in [0.29, 0.717) is 12.2 Å². The van der Waals surface area contributed by atoms with Gasteiger partial charge in [0.15, 0.2) is 0 Å². The maximum Gasteiger partial charge on any atom is 0.273 e. The number of H-pyrrole nitrogens is 1. The largest absolute Gasteiger partial charge is 0.326 e. The summed E-state index contributed by atoms with van der Waals surface area (Å²) in [5.41, 5.74) is 4.99. The van der Waals surface area contributed by atoms with E-state index in [9.17, 15) is 9.18 Å². The van der Waals surface area contributed by atoms with E-state index in [2.05, 4.69) is 17.1 Å². The lowest BCUT2D eigenvalue weighted by Crippen LogP contribution is -2.30. The number of unbranched alkanes of at least 4 members (excludes halogenated alkanes) is 1. The first-order valence-corrected chi connectivity index (χ1v) is 9.32. The molecule has 0 saturated carbocycles. The van der Waals surface area contributed by atoms with Gasteiger partial charge in [-0.25, -0.2) is 4.39 Å². The van der Waals surface area contributed by atoms with E-state index in [-0.39, 0.29) is 17.8 Å². The Bertz CT molecular complexity index is 977. The van der Waals surface area contributed by atoms with E-state index in [4.69, 9.17) is 0 Å². The molecule has 2 aromatic carbocycles. The number of aryl methyl sites for hydroxylation is 1. The van der Waals surface area contributed by atoms with Gasteiger partial charge in [0.05, 0.1) is 11.7 Å². The summed E-state index contributed by atoms with van der Waals surface area (Å²) in [4.78, 5) is 14.9. The molecular formula is C22H22FN3O. The van der Waals surface area contributed by atoms with Crippen LogP contribution in [0.15, 0.2) is 48.5 Å². The van der Waals surface area contributed by atoms with Crippen molar-refractivity contribution in [3.05, 3.63) is 76.7 Å². The van der Waals surface area contributed by atoms with Gasteiger partial charge in [0.25, 0.3) is 5.91 Å². The van der Waals surface area contributed by atoms with Crippen molar-refractivity contribution in [1.29, 1.82) is 0 Å². The van der Waals surface area contributed by atoms with Crippen molar-refractivity contribution in [1.82, 2.24) is 15.1 Å². The summed E-state index contributed by atoms with van der Waals surface area (Å²) in [6, 6.07) is 14.2. The Morgan fingerprint density at radius 3 is 2.67 bits per heavy atom. The number of benzene rings is 2. The van der Waals surface area contributed by atoms with Gasteiger partial charge in [0.2, 0.25) is 0 Å². The molecule has 1 atom stereocenters. The van der Waals surface area contributed by atoms with Crippen LogP contribution < -0.4 is 0 Å². The number of carbonyl (C=O) groups excluding carboxylic acids is 1. The molecule has 138 valence electrons. The predicted octanol–water partition coefficient (Wildman–Crippen LogP) is 4.87. The highest BCUT2D eigenvalue weighted by molar-refractivity contribution is 6.00. The van der Waals surface area contributed by atoms with Gasteiger partial charge in [-0.1, -0.05) is 55.3 Å². The average molecular weight is 363 g/mol. The number of aromatic nitrogens is 2. The Morgan fingerprint density at radius 1 is 1.19 bits per heavy atom. The third-order valence-electron chi connectivity index (χ3n) is 5.11. The molecule has 4 nitrogen and oxygen atoms in total. The van der Waals surface area contributed by atoms with Crippen molar-refractivity contribution in [2.75, 3.05) is 6.54 Å². The van der Waals surface area contributed by atoms with Crippen LogP contribution in [0.3, 0.4) is 0 Å². The minimum atomic E-state index is -0.329. The van der Waals surface area contributed by atoms with Crippen LogP contribution in [0.4, 0.5) is 4.39 Å². The molecule has 27 heavy (non-hydrogen) atoms. The molecule has 0 aliphatic carbocycles. The second-order valence-electron chi connectivity index (χ2n) is 7.04. The van der Waals surface area contributed by atoms with E-state index in [1.165, 1.54) is 12.1 Å². The summed E-state index contributed by atoms with van der Waals surface area (Å²) in [5.74, 6) is -0.372. The highest BCUT2D eigenvalue weighted by Crippen LogP contribution is 2.42. The van der Waals surface area contributed by atoms with Gasteiger partial charge in [-0.05, 0) is 31.0 Å². The maximum atomic E-state index is 13.9. The summed E-state index contributed by atoms with van der Waals surface area (Å²) in [6.07, 6.45) is 1.88. The second kappa shape index (κ2) is 6.99. The third kappa shape index (κ3) is 3.03. The zero-order valence-electron chi connectivity index (χ0n) is 15.5. The Kier molecular flexibility index (Phi) is 4.52. The molecule has 1 aromatic heterocycles. The standard InChI is InChI=1S/C22H22FN3O/c1-3-4-12-26-21(16-6-5-7-17(23)13-16)18-19(24-25-20(18)22(26)27)15-10-8-14(2)9-11-15/h5-11,13,21H,3-4,12H2,1-2H3,(H,24,25). The Morgan fingerprint density at radius 2 is 1.96 bits per heavy atom. The number of halogens is 1. The summed E-state index contributed by atoms with van der Waals surface area (Å²) in [6.45, 7) is 4.76. The zero-order valence-corrected chi connectivity index (χ0v) is 15.5. The number of hydrogen-bond acceptors (Lipinski definition) is 2. The molecule has 1 unspecified atom stereocenters. The summed E-state index contributed by atoms with van der Waals surface area (Å²) in [5, 5.41) is 7.37. The zero-order chi connectivity index (χ0) is 19.0. The van der Waals surface area contributed by atoms with Gasteiger partial charge in [0.1, 0.15) is 11.5 Å². The van der Waals surface area contributed by atoms with Crippen molar-refractivity contribution in [2.45, 2.75) is 32.7 Å². The lowest BCUT2D eigenvalue weighted by molar-refractivity contribution is 0.0741. The molecule has 5 heteroatoms. The van der Waals surface area contributed by atoms with E-state index in [1.54, 1.807) is 6.07 Å². The quantitative estimate of drug-likeness (QED) is 0.703. The first-order valence-electron chi connectivity index (χ1n) is 9.32. The molecule has 0 spiro atoms. The topological polar surface area (TPSA) is 49.0 Å². The minimum absolute atomic E-state index is 0.0708. The highest BCUT2D eigenvalue weighted by Gasteiger charge is 2.41. The van der Waals surface area contributed by atoms with Crippen molar-refractivity contribution in [3.63, 3.8) is 0 Å². The van der Waals surface area contributed by atoms with E-state index < -0.39 is 0 Å². The van der Waals surface area contributed by atoms with E-state index in [0.717, 1.165) is 40.8 Å². The summed E-state index contributed by atoms with van der Waals surface area (Å²) < 4.78 is 13.9. The number of amides is 1. The van der Waals surface area contributed by atoms with Crippen LogP contribution >= 0.6 is 0 Å². The molecule has 1 aliphatic heterocycles. The number of hydrogen-bond donors (Lipinski definition) is 1. The third-order valence-corrected chi connectivity index (χ3v) is 5.11. The van der Waals surface area contributed by atoms with Crippen LogP contribution in [0.5, 0.6) is 0 Å². The van der Waals surface area contributed by atoms with E-state index in [1.807, 2.05) is 42.2 Å². The molecule has 1 aliphatic rings. The van der Waals surface area contributed by atoms with Gasteiger partial charge in [-0.15, -0.1) is 0 Å². The molecule has 0 bridgehead atoms. The fourth-order valence-electron chi connectivity index (χ4n) is 3.71. The summed E-state index contributed by atoms with van der Waals surface area (Å²) in [7, 11) is 0. The van der Waals surface area contributed by atoms with Crippen LogP contribution in [-0.4, -0.2) is 27.5 Å². The Labute approximate surface area is 158 Å². The smallest absolute Gasteiger partial charge is 0.273 e. The lowest BCUT2D eigenvalue weighted by atomic mass is 9.95. The van der Waals surface area contributed by atoms with Crippen LogP contribution in [0.1, 0.15) is 53.0 Å². The molecule has 2 heterocycles. The molecule has 3 aromatic rings. The average Bonchev–Trinajstić information content (AvgIpc) is 3.20. The van der Waals surface area contributed by atoms with E-state index >= 15 is 0 Å². The maximum absolute atomic E-state index is 13.9. The molecule has 4 rings (SSSR count). The van der Waals surface area contributed by atoms with Gasteiger partial charge in [-0.2, -0.15) is 5.10 Å². The molecular weight excluding hydrogens is 341 g/mol. The monoisotopic (exact) mass is 363 g/mol. The van der Waals surface area contributed by atoms with Gasteiger partial charge >= 0.3 is 0 Å². The number of fused-ring (bicyclic) bond motifs is 1. The van der Waals surface area contributed by atoms with Crippen molar-refractivity contribution in [3.8, 4) is 11.3 Å². The Balaban J connectivity index is 1.86. The number of nitrogens with one attached hydrogen (secondary N) is 1. The predicted molar refractivity (Wildman–Crippen MR) is 103 cm³/mol. The first kappa shape index (κ1) is 17.5. The number of rotatable bonds is 5. The van der Waals surface area contributed by atoms with Crippen molar-refractivity contribution in [2.24, 2.45) is 0 Å². The normalized spacial score (nSPS) is 16.0. The van der Waals surface area contributed by atoms with Gasteiger partial charge < -0.3 is 4.90 Å². The molecule has 1 amide bonds. The minimum Gasteiger partial charge on any atom is -0.326 e. The molecule has 1 N–H and O–H groups in total. The van der Waals surface area contributed by atoms with Crippen molar-refractivity contribution >= 4 is 5.91 Å². The van der Waals surface area contributed by atoms with Gasteiger partial charge in [-0.3, -0.25) is 9.89 Å². The van der Waals surface area contributed by atoms with Crippen LogP contribution in [0.2, 0.25) is 0 Å².